The fourth-order valence-electron chi connectivity index (χ4n) is 4.98. The number of anilines is 1. The van der Waals surface area contributed by atoms with Gasteiger partial charge < -0.3 is 5.32 Å². The molecule has 1 aliphatic rings. The van der Waals surface area contributed by atoms with Gasteiger partial charge in [0.15, 0.2) is 5.65 Å². The Balaban J connectivity index is 1.46. The molecular formula is C27H22F3N7O. The Morgan fingerprint density at radius 3 is 2.79 bits per heavy atom. The first kappa shape index (κ1) is 24.0. The maximum Gasteiger partial charge on any atom is 0.262 e. The van der Waals surface area contributed by atoms with Gasteiger partial charge in [-0.3, -0.25) is 9.69 Å². The van der Waals surface area contributed by atoms with Gasteiger partial charge >= 0.3 is 0 Å². The Labute approximate surface area is 215 Å². The van der Waals surface area contributed by atoms with Gasteiger partial charge in [-0.25, -0.2) is 23.1 Å². The Morgan fingerprint density at radius 2 is 1.97 bits per heavy atom. The molecular weight excluding hydrogens is 495 g/mol. The van der Waals surface area contributed by atoms with Crippen LogP contribution in [0, 0.1) is 12.7 Å². The zero-order chi connectivity index (χ0) is 26.4. The van der Waals surface area contributed by atoms with Crippen LogP contribution in [-0.4, -0.2) is 55.9 Å². The number of amides is 1. The molecule has 1 N–H and O–H groups in total. The van der Waals surface area contributed by atoms with Crippen LogP contribution in [0.2, 0.25) is 0 Å². The molecule has 5 aromatic rings. The van der Waals surface area contributed by atoms with E-state index in [0.717, 1.165) is 17.0 Å². The van der Waals surface area contributed by atoms with Gasteiger partial charge in [-0.1, -0.05) is 23.4 Å². The second-order valence-corrected chi connectivity index (χ2v) is 9.34. The number of rotatable bonds is 4. The molecule has 192 valence electrons. The topological polar surface area (TPSA) is 88.8 Å². The first-order chi connectivity index (χ1) is 18.3. The van der Waals surface area contributed by atoms with Gasteiger partial charge in [-0.2, -0.15) is 4.68 Å². The molecule has 1 fully saturated rings. The quantitative estimate of drug-likeness (QED) is 0.379. The zero-order valence-corrected chi connectivity index (χ0v) is 20.3. The summed E-state index contributed by atoms with van der Waals surface area (Å²) in [6, 6.07) is 13.9. The standard InChI is InChI=1S/C27H22F3N7O/c1-16-4-2-5-17-9-11-33-25(23(16)17)36(19-13-27(29,30)15-31-14-19)26(38)20-8-7-18(12-21(20)28)37-24-22(34-35-37)6-3-10-32-24/h2-12,19,31H,13-15H2,1H3/t19-/m1/s1. The van der Waals surface area contributed by atoms with Crippen LogP contribution in [0.1, 0.15) is 22.3 Å². The lowest BCUT2D eigenvalue weighted by Gasteiger charge is -2.37. The van der Waals surface area contributed by atoms with Crippen molar-refractivity contribution in [3.8, 4) is 5.69 Å². The molecule has 4 heterocycles. The fourth-order valence-corrected chi connectivity index (χ4v) is 4.98. The molecule has 0 radical (unpaired) electrons. The third kappa shape index (κ3) is 4.14. The molecule has 8 nitrogen and oxygen atoms in total. The molecule has 3 aromatic heterocycles. The van der Waals surface area contributed by atoms with E-state index in [1.807, 2.05) is 25.1 Å². The zero-order valence-electron chi connectivity index (χ0n) is 20.3. The lowest BCUT2D eigenvalue weighted by molar-refractivity contribution is -0.0271. The van der Waals surface area contributed by atoms with Crippen LogP contribution in [0.5, 0.6) is 0 Å². The highest BCUT2D eigenvalue weighted by atomic mass is 19.3. The highest BCUT2D eigenvalue weighted by Crippen LogP contribution is 2.34. The van der Waals surface area contributed by atoms with Crippen LogP contribution in [0.15, 0.2) is 67.0 Å². The highest BCUT2D eigenvalue weighted by Gasteiger charge is 2.42. The molecule has 1 atom stereocenters. The van der Waals surface area contributed by atoms with Crippen molar-refractivity contribution < 1.29 is 18.0 Å². The molecule has 0 aliphatic carbocycles. The van der Waals surface area contributed by atoms with Crippen molar-refractivity contribution >= 4 is 33.7 Å². The number of benzene rings is 2. The summed E-state index contributed by atoms with van der Waals surface area (Å²) in [5.41, 5.74) is 1.82. The van der Waals surface area contributed by atoms with E-state index in [0.29, 0.717) is 22.2 Å². The number of halogens is 3. The minimum absolute atomic E-state index is 0.113. The second kappa shape index (κ2) is 9.18. The summed E-state index contributed by atoms with van der Waals surface area (Å²) in [6.45, 7) is 1.48. The summed E-state index contributed by atoms with van der Waals surface area (Å²) >= 11 is 0. The van der Waals surface area contributed by atoms with E-state index in [-0.39, 0.29) is 17.9 Å². The molecule has 38 heavy (non-hydrogen) atoms. The smallest absolute Gasteiger partial charge is 0.262 e. The Kier molecular flexibility index (Phi) is 5.79. The van der Waals surface area contributed by atoms with Crippen LogP contribution in [0.25, 0.3) is 27.6 Å². The van der Waals surface area contributed by atoms with Crippen molar-refractivity contribution in [2.75, 3.05) is 18.0 Å². The summed E-state index contributed by atoms with van der Waals surface area (Å²) in [4.78, 5) is 23.9. The number of nitrogens with zero attached hydrogens (tertiary/aromatic N) is 6. The maximum atomic E-state index is 15.6. The number of hydrogen-bond donors (Lipinski definition) is 1. The molecule has 1 saturated heterocycles. The van der Waals surface area contributed by atoms with Gasteiger partial charge in [-0.05, 0) is 48.2 Å². The number of hydrogen-bond acceptors (Lipinski definition) is 6. The van der Waals surface area contributed by atoms with Crippen LogP contribution >= 0.6 is 0 Å². The normalized spacial score (nSPS) is 17.1. The number of aromatic nitrogens is 5. The molecule has 6 rings (SSSR count). The summed E-state index contributed by atoms with van der Waals surface area (Å²) < 4.78 is 45.9. The number of nitrogens with one attached hydrogen (secondary N) is 1. The van der Waals surface area contributed by atoms with Crippen LogP contribution in [-0.2, 0) is 0 Å². The highest BCUT2D eigenvalue weighted by molar-refractivity contribution is 6.11. The summed E-state index contributed by atoms with van der Waals surface area (Å²) in [5.74, 6) is -4.41. The lowest BCUT2D eigenvalue weighted by atomic mass is 9.99. The molecule has 0 saturated carbocycles. The Hall–Kier alpha value is -4.38. The van der Waals surface area contributed by atoms with Crippen LogP contribution in [0.4, 0.5) is 19.0 Å². The Bertz CT molecular complexity index is 1680. The van der Waals surface area contributed by atoms with Gasteiger partial charge in [0.25, 0.3) is 11.8 Å². The number of fused-ring (bicyclic) bond motifs is 2. The van der Waals surface area contributed by atoms with Gasteiger partial charge in [0.1, 0.15) is 17.2 Å². The predicted molar refractivity (Wildman–Crippen MR) is 136 cm³/mol. The average molecular weight is 518 g/mol. The molecule has 0 spiro atoms. The van der Waals surface area contributed by atoms with Crippen molar-refractivity contribution in [1.29, 1.82) is 0 Å². The number of aryl methyl sites for hydroxylation is 1. The van der Waals surface area contributed by atoms with E-state index in [2.05, 4.69) is 25.6 Å². The van der Waals surface area contributed by atoms with Gasteiger partial charge in [0.2, 0.25) is 0 Å². The summed E-state index contributed by atoms with van der Waals surface area (Å²) in [7, 11) is 0. The molecule has 0 unspecified atom stereocenters. The second-order valence-electron chi connectivity index (χ2n) is 9.34. The van der Waals surface area contributed by atoms with Crippen molar-refractivity contribution in [2.24, 2.45) is 0 Å². The third-order valence-electron chi connectivity index (χ3n) is 6.73. The lowest BCUT2D eigenvalue weighted by Crippen LogP contribution is -2.55. The van der Waals surface area contributed by atoms with Gasteiger partial charge in [-0.15, -0.1) is 5.10 Å². The van der Waals surface area contributed by atoms with E-state index >= 15 is 4.39 Å². The van der Waals surface area contributed by atoms with E-state index in [9.17, 15) is 13.6 Å². The molecule has 0 bridgehead atoms. The molecule has 11 heteroatoms. The maximum absolute atomic E-state index is 15.6. The largest absolute Gasteiger partial charge is 0.309 e. The molecule has 2 aromatic carbocycles. The van der Waals surface area contributed by atoms with Crippen LogP contribution in [0.3, 0.4) is 0 Å². The van der Waals surface area contributed by atoms with E-state index < -0.39 is 36.7 Å². The van der Waals surface area contributed by atoms with Crippen molar-refractivity contribution in [2.45, 2.75) is 25.3 Å². The van der Waals surface area contributed by atoms with Gasteiger partial charge in [0, 0.05) is 36.8 Å². The number of piperidine rings is 1. The first-order valence-corrected chi connectivity index (χ1v) is 12.1. The minimum atomic E-state index is -3.04. The van der Waals surface area contributed by atoms with E-state index in [1.54, 1.807) is 24.4 Å². The van der Waals surface area contributed by atoms with Crippen molar-refractivity contribution in [1.82, 2.24) is 30.3 Å². The minimum Gasteiger partial charge on any atom is -0.309 e. The fraction of sp³-hybridized carbons (Fsp3) is 0.222. The first-order valence-electron chi connectivity index (χ1n) is 12.1. The summed E-state index contributed by atoms with van der Waals surface area (Å²) in [5, 5.41) is 12.2. The third-order valence-corrected chi connectivity index (χ3v) is 6.73. The van der Waals surface area contributed by atoms with Crippen LogP contribution < -0.4 is 10.2 Å². The van der Waals surface area contributed by atoms with Gasteiger partial charge in [0.05, 0.1) is 23.8 Å². The Morgan fingerprint density at radius 1 is 1.11 bits per heavy atom. The summed E-state index contributed by atoms with van der Waals surface area (Å²) in [6.07, 6.45) is 2.52. The predicted octanol–water partition coefficient (Wildman–Crippen LogP) is 4.46. The molecule has 1 aliphatic heterocycles. The number of pyridine rings is 2. The van der Waals surface area contributed by atoms with E-state index in [1.165, 1.54) is 27.9 Å². The number of carbonyl (C=O) groups is 1. The molecule has 1 amide bonds. The number of alkyl halides is 2. The SMILES string of the molecule is Cc1cccc2ccnc(N(C(=O)c3ccc(-n4nnc5cccnc54)cc3F)[C@H]3CNCC(F)(F)C3)c12. The van der Waals surface area contributed by atoms with Crippen molar-refractivity contribution in [3.05, 3.63) is 83.9 Å². The van der Waals surface area contributed by atoms with Crippen molar-refractivity contribution in [3.63, 3.8) is 0 Å². The monoisotopic (exact) mass is 517 g/mol. The number of carbonyl (C=O) groups excluding carboxylic acids is 1. The average Bonchev–Trinajstić information content (AvgIpc) is 3.33. The van der Waals surface area contributed by atoms with E-state index in [4.69, 9.17) is 0 Å².